The minimum atomic E-state index is -0.925. The predicted molar refractivity (Wildman–Crippen MR) is 73.6 cm³/mol. The van der Waals surface area contributed by atoms with E-state index in [0.29, 0.717) is 10.9 Å². The second kappa shape index (κ2) is 4.24. The Balaban J connectivity index is 2.11. The number of aromatic carboxylic acids is 1. The molecule has 4 nitrogen and oxygen atoms in total. The number of carboxylic acids is 1. The van der Waals surface area contributed by atoms with E-state index < -0.39 is 5.97 Å². The molecule has 0 amide bonds. The summed E-state index contributed by atoms with van der Waals surface area (Å²) in [6.45, 7) is 0.0992. The highest BCUT2D eigenvalue weighted by Gasteiger charge is 2.42. The van der Waals surface area contributed by atoms with Crippen LogP contribution in [-0.2, 0) is 0 Å². The number of carbonyl (C=O) groups is 1. The number of benzene rings is 2. The molecule has 1 aliphatic rings. The topological polar surface area (TPSA) is 69.6 Å². The average molecular weight is 257 g/mol. The molecule has 0 heterocycles. The van der Waals surface area contributed by atoms with E-state index in [1.54, 1.807) is 12.1 Å². The Kier molecular flexibility index (Phi) is 2.68. The second-order valence-corrected chi connectivity index (χ2v) is 5.07. The molecule has 98 valence electrons. The summed E-state index contributed by atoms with van der Waals surface area (Å²) in [5.74, 6) is -0.925. The van der Waals surface area contributed by atoms with Crippen LogP contribution < -0.4 is 5.32 Å². The van der Waals surface area contributed by atoms with E-state index in [0.717, 1.165) is 23.9 Å². The molecule has 1 aliphatic carbocycles. The van der Waals surface area contributed by atoms with Gasteiger partial charge in [-0.3, -0.25) is 0 Å². The third kappa shape index (κ3) is 2.04. The van der Waals surface area contributed by atoms with Gasteiger partial charge in [-0.05, 0) is 30.4 Å². The van der Waals surface area contributed by atoms with Crippen LogP contribution in [0.5, 0.6) is 0 Å². The quantitative estimate of drug-likeness (QED) is 0.787. The lowest BCUT2D eigenvalue weighted by atomic mass is 10.0. The van der Waals surface area contributed by atoms with Crippen molar-refractivity contribution in [1.82, 2.24) is 0 Å². The average Bonchev–Trinajstić information content (AvgIpc) is 3.19. The van der Waals surface area contributed by atoms with Gasteiger partial charge in [-0.1, -0.05) is 24.3 Å². The first-order valence-corrected chi connectivity index (χ1v) is 6.29. The molecule has 0 aromatic heterocycles. The molecule has 0 atom stereocenters. The summed E-state index contributed by atoms with van der Waals surface area (Å²) in [6, 6.07) is 10.8. The lowest BCUT2D eigenvalue weighted by molar-refractivity contribution is 0.0699. The minimum Gasteiger partial charge on any atom is -0.478 e. The van der Waals surface area contributed by atoms with Crippen LogP contribution in [0.15, 0.2) is 36.4 Å². The maximum absolute atomic E-state index is 11.2. The van der Waals surface area contributed by atoms with Crippen molar-refractivity contribution in [3.63, 3.8) is 0 Å². The highest BCUT2D eigenvalue weighted by Crippen LogP contribution is 2.40. The van der Waals surface area contributed by atoms with Crippen LogP contribution in [0.4, 0.5) is 5.69 Å². The number of carboxylic acid groups (broad SMARTS) is 1. The smallest absolute Gasteiger partial charge is 0.336 e. The Morgan fingerprint density at radius 2 is 1.84 bits per heavy atom. The van der Waals surface area contributed by atoms with Crippen LogP contribution in [0.25, 0.3) is 10.8 Å². The molecule has 3 N–H and O–H groups in total. The molecule has 2 aromatic carbocycles. The monoisotopic (exact) mass is 257 g/mol. The molecule has 0 bridgehead atoms. The molecule has 0 saturated heterocycles. The number of hydrogen-bond acceptors (Lipinski definition) is 3. The lowest BCUT2D eigenvalue weighted by Crippen LogP contribution is -2.25. The third-order valence-corrected chi connectivity index (χ3v) is 3.71. The number of rotatable bonds is 4. The van der Waals surface area contributed by atoms with Gasteiger partial charge in [0.1, 0.15) is 0 Å². The molecular weight excluding hydrogens is 242 g/mol. The Bertz CT molecular complexity index is 647. The van der Waals surface area contributed by atoms with Gasteiger partial charge in [0.05, 0.1) is 17.7 Å². The van der Waals surface area contributed by atoms with Gasteiger partial charge >= 0.3 is 5.97 Å². The van der Waals surface area contributed by atoms with Crippen LogP contribution in [0.1, 0.15) is 23.2 Å². The fraction of sp³-hybridized carbons (Fsp3) is 0.267. The molecule has 19 heavy (non-hydrogen) atoms. The van der Waals surface area contributed by atoms with E-state index in [1.807, 2.05) is 24.3 Å². The molecule has 0 radical (unpaired) electrons. The summed E-state index contributed by atoms with van der Waals surface area (Å²) in [5, 5.41) is 23.5. The first-order chi connectivity index (χ1) is 9.15. The van der Waals surface area contributed by atoms with Gasteiger partial charge in [-0.25, -0.2) is 4.79 Å². The first-order valence-electron chi connectivity index (χ1n) is 6.29. The van der Waals surface area contributed by atoms with Crippen molar-refractivity contribution in [2.45, 2.75) is 18.4 Å². The van der Waals surface area contributed by atoms with Crippen molar-refractivity contribution in [2.24, 2.45) is 0 Å². The van der Waals surface area contributed by atoms with Gasteiger partial charge in [0.25, 0.3) is 0 Å². The molecule has 2 aromatic rings. The van der Waals surface area contributed by atoms with Gasteiger partial charge in [0.2, 0.25) is 0 Å². The zero-order valence-corrected chi connectivity index (χ0v) is 10.4. The zero-order valence-electron chi connectivity index (χ0n) is 10.4. The number of hydrogen-bond donors (Lipinski definition) is 3. The number of anilines is 1. The maximum Gasteiger partial charge on any atom is 0.336 e. The van der Waals surface area contributed by atoms with E-state index in [9.17, 15) is 15.0 Å². The Morgan fingerprint density at radius 3 is 2.42 bits per heavy atom. The number of aliphatic hydroxyl groups is 1. The molecule has 4 heteroatoms. The van der Waals surface area contributed by atoms with Crippen molar-refractivity contribution in [2.75, 3.05) is 11.9 Å². The standard InChI is InChI=1S/C15H15NO3/c17-9-15(7-8-15)16-13-6-5-12(14(18)19)10-3-1-2-4-11(10)13/h1-6,16-17H,7-9H2,(H,18,19). The fourth-order valence-electron chi connectivity index (χ4n) is 2.35. The first kappa shape index (κ1) is 12.0. The summed E-state index contributed by atoms with van der Waals surface area (Å²) >= 11 is 0. The molecule has 0 spiro atoms. The van der Waals surface area contributed by atoms with Crippen LogP contribution in [0.2, 0.25) is 0 Å². The van der Waals surface area contributed by atoms with Crippen LogP contribution >= 0.6 is 0 Å². The molecule has 0 unspecified atom stereocenters. The zero-order chi connectivity index (χ0) is 13.5. The molecule has 3 rings (SSSR count). The summed E-state index contributed by atoms with van der Waals surface area (Å²) in [7, 11) is 0. The largest absolute Gasteiger partial charge is 0.478 e. The molecule has 1 saturated carbocycles. The number of nitrogens with one attached hydrogen (secondary N) is 1. The Hall–Kier alpha value is -2.07. The van der Waals surface area contributed by atoms with E-state index in [-0.39, 0.29) is 12.1 Å². The van der Waals surface area contributed by atoms with Gasteiger partial charge < -0.3 is 15.5 Å². The SMILES string of the molecule is O=C(O)c1ccc(NC2(CO)CC2)c2ccccc12. The van der Waals surface area contributed by atoms with Crippen molar-refractivity contribution in [3.8, 4) is 0 Å². The second-order valence-electron chi connectivity index (χ2n) is 5.07. The summed E-state index contributed by atoms with van der Waals surface area (Å²) < 4.78 is 0. The third-order valence-electron chi connectivity index (χ3n) is 3.71. The fourth-order valence-corrected chi connectivity index (χ4v) is 2.35. The van der Waals surface area contributed by atoms with Gasteiger partial charge in [-0.15, -0.1) is 0 Å². The predicted octanol–water partition coefficient (Wildman–Crippen LogP) is 2.47. The summed E-state index contributed by atoms with van der Waals surface area (Å²) in [6.07, 6.45) is 1.89. The van der Waals surface area contributed by atoms with E-state index in [1.165, 1.54) is 0 Å². The Morgan fingerprint density at radius 1 is 1.16 bits per heavy atom. The highest BCUT2D eigenvalue weighted by molar-refractivity contribution is 6.07. The molecule has 0 aliphatic heterocycles. The van der Waals surface area contributed by atoms with Crippen molar-refractivity contribution in [1.29, 1.82) is 0 Å². The van der Waals surface area contributed by atoms with Gasteiger partial charge in [-0.2, -0.15) is 0 Å². The van der Waals surface area contributed by atoms with Crippen LogP contribution in [0, 0.1) is 0 Å². The maximum atomic E-state index is 11.2. The van der Waals surface area contributed by atoms with Crippen LogP contribution in [-0.4, -0.2) is 28.3 Å². The van der Waals surface area contributed by atoms with Crippen molar-refractivity contribution >= 4 is 22.4 Å². The van der Waals surface area contributed by atoms with E-state index in [4.69, 9.17) is 0 Å². The van der Waals surface area contributed by atoms with Gasteiger partial charge in [0.15, 0.2) is 0 Å². The summed E-state index contributed by atoms with van der Waals surface area (Å²) in [4.78, 5) is 11.2. The van der Waals surface area contributed by atoms with E-state index >= 15 is 0 Å². The van der Waals surface area contributed by atoms with E-state index in [2.05, 4.69) is 5.32 Å². The highest BCUT2D eigenvalue weighted by atomic mass is 16.4. The Labute approximate surface area is 110 Å². The number of fused-ring (bicyclic) bond motifs is 1. The molecule has 1 fully saturated rings. The van der Waals surface area contributed by atoms with Crippen molar-refractivity contribution in [3.05, 3.63) is 42.0 Å². The summed E-state index contributed by atoms with van der Waals surface area (Å²) in [5.41, 5.74) is 0.968. The van der Waals surface area contributed by atoms with Crippen molar-refractivity contribution < 1.29 is 15.0 Å². The lowest BCUT2D eigenvalue weighted by Gasteiger charge is -2.18. The molecular formula is C15H15NO3. The minimum absolute atomic E-state index is 0.0992. The normalized spacial score (nSPS) is 16.3. The van der Waals surface area contributed by atoms with Crippen LogP contribution in [0.3, 0.4) is 0 Å². The van der Waals surface area contributed by atoms with Gasteiger partial charge in [0, 0.05) is 11.1 Å². The number of aliphatic hydroxyl groups excluding tert-OH is 1.